The molecule has 4 rings (SSSR count). The van der Waals surface area contributed by atoms with Crippen molar-refractivity contribution in [3.8, 4) is 0 Å². The highest BCUT2D eigenvalue weighted by atomic mass is 28.3. The highest BCUT2D eigenvalue weighted by molar-refractivity contribution is 6.83. The van der Waals surface area contributed by atoms with Crippen LogP contribution in [0.4, 0.5) is 0 Å². The zero-order valence-corrected chi connectivity index (χ0v) is 26.8. The zero-order valence-electron chi connectivity index (χ0n) is 23.8. The van der Waals surface area contributed by atoms with Gasteiger partial charge in [-0.15, -0.1) is 0 Å². The molecule has 0 fully saturated rings. The summed E-state index contributed by atoms with van der Waals surface area (Å²) in [5, 5.41) is 0. The highest BCUT2D eigenvalue weighted by Gasteiger charge is 2.51. The van der Waals surface area contributed by atoms with Crippen molar-refractivity contribution in [3.05, 3.63) is 82.4 Å². The number of rotatable bonds is 8. The Balaban J connectivity index is 1.88. The summed E-state index contributed by atoms with van der Waals surface area (Å²) in [6.45, 7) is 22.8. The molecule has 2 aliphatic rings. The molecule has 0 nitrogen and oxygen atoms in total. The maximum Gasteiger partial charge on any atom is 0.0753 e. The molecule has 3 heteroatoms. The molecule has 2 aromatic rings. The Morgan fingerprint density at radius 2 is 1.49 bits per heavy atom. The van der Waals surface area contributed by atoms with E-state index in [2.05, 4.69) is 121 Å². The minimum atomic E-state index is -1.89. The number of benzene rings is 2. The lowest BCUT2D eigenvalue weighted by Crippen LogP contribution is -2.47. The second-order valence-corrected chi connectivity index (χ2v) is 27.2. The van der Waals surface area contributed by atoms with Gasteiger partial charge in [-0.05, 0) is 51.2 Å². The molecule has 35 heavy (non-hydrogen) atoms. The monoisotopic (exact) mass is 515 g/mol. The predicted molar refractivity (Wildman–Crippen MR) is 165 cm³/mol. The molecule has 0 bridgehead atoms. The lowest BCUT2D eigenvalue weighted by atomic mass is 10.0. The van der Waals surface area contributed by atoms with Crippen LogP contribution in [-0.2, 0) is 0 Å². The molecule has 0 heterocycles. The van der Waals surface area contributed by atoms with Crippen LogP contribution >= 0.6 is 0 Å². The van der Waals surface area contributed by atoms with Gasteiger partial charge < -0.3 is 0 Å². The molecule has 0 saturated heterocycles. The van der Waals surface area contributed by atoms with Crippen LogP contribution in [-0.4, -0.2) is 24.9 Å². The van der Waals surface area contributed by atoms with Gasteiger partial charge in [-0.2, -0.15) is 0 Å². The average Bonchev–Trinajstić information content (AvgIpc) is 3.29. The lowest BCUT2D eigenvalue weighted by Gasteiger charge is -2.45. The molecule has 3 atom stereocenters. The van der Waals surface area contributed by atoms with Crippen molar-refractivity contribution in [1.29, 1.82) is 0 Å². The van der Waals surface area contributed by atoms with E-state index >= 15 is 0 Å². The van der Waals surface area contributed by atoms with Crippen molar-refractivity contribution in [1.82, 2.24) is 0 Å². The minimum Gasteiger partial charge on any atom is -0.0761 e. The third-order valence-corrected chi connectivity index (χ3v) is 16.4. The molecule has 0 spiro atoms. The third kappa shape index (κ3) is 5.78. The molecule has 2 aliphatic carbocycles. The van der Waals surface area contributed by atoms with Crippen LogP contribution in [0, 0.1) is 5.41 Å². The fourth-order valence-electron chi connectivity index (χ4n) is 7.02. The van der Waals surface area contributed by atoms with Crippen LogP contribution in [0.15, 0.2) is 60.2 Å². The van der Waals surface area contributed by atoms with Crippen LogP contribution in [0.5, 0.6) is 0 Å². The van der Waals surface area contributed by atoms with Crippen LogP contribution in [0.2, 0.25) is 57.4 Å². The van der Waals surface area contributed by atoms with Crippen molar-refractivity contribution in [2.45, 2.75) is 95.7 Å². The standard InChI is InChI=1S/C32H47Si3/c1-32(2,3)23-35(9,30-21-26(22-34(6,7)8)27-15-12-13-17-29(27)30)31-25(18-19-33(4)5)20-24-14-10-11-16-28(24)31/h10-17,20-21,30-31H,18-19,22-23H2,1-9H3. The largest absolute Gasteiger partial charge is 0.0761 e. The molecule has 0 N–H and O–H groups in total. The minimum absolute atomic E-state index is 0.239. The Morgan fingerprint density at radius 1 is 0.857 bits per heavy atom. The fourth-order valence-corrected chi connectivity index (χ4v) is 15.9. The van der Waals surface area contributed by atoms with E-state index in [-0.39, 0.29) is 8.80 Å². The van der Waals surface area contributed by atoms with E-state index in [0.29, 0.717) is 16.5 Å². The Hall–Kier alpha value is -1.43. The molecule has 1 radical (unpaired) electrons. The van der Waals surface area contributed by atoms with Gasteiger partial charge in [-0.1, -0.05) is 138 Å². The van der Waals surface area contributed by atoms with Crippen LogP contribution in [0.25, 0.3) is 11.6 Å². The fraction of sp³-hybridized carbons (Fsp3) is 0.500. The van der Waals surface area contributed by atoms with E-state index in [0.717, 1.165) is 0 Å². The van der Waals surface area contributed by atoms with Gasteiger partial charge in [-0.3, -0.25) is 0 Å². The van der Waals surface area contributed by atoms with E-state index in [9.17, 15) is 0 Å². The van der Waals surface area contributed by atoms with Gasteiger partial charge in [0.2, 0.25) is 0 Å². The number of allylic oxidation sites excluding steroid dienone is 3. The van der Waals surface area contributed by atoms with Crippen molar-refractivity contribution in [2.75, 3.05) is 0 Å². The quantitative estimate of drug-likeness (QED) is 0.307. The zero-order chi connectivity index (χ0) is 25.6. The van der Waals surface area contributed by atoms with E-state index in [1.54, 1.807) is 27.8 Å². The van der Waals surface area contributed by atoms with Crippen LogP contribution in [0.1, 0.15) is 60.5 Å². The third-order valence-electron chi connectivity index (χ3n) is 7.94. The average molecular weight is 516 g/mol. The molecule has 0 saturated carbocycles. The van der Waals surface area contributed by atoms with Crippen molar-refractivity contribution in [2.24, 2.45) is 5.41 Å². The lowest BCUT2D eigenvalue weighted by molar-refractivity contribution is 0.456. The first-order valence-corrected chi connectivity index (χ1v) is 22.9. The van der Waals surface area contributed by atoms with Gasteiger partial charge in [0.05, 0.1) is 8.07 Å². The Bertz CT molecular complexity index is 1130. The molecule has 0 amide bonds. The first-order chi connectivity index (χ1) is 16.3. The van der Waals surface area contributed by atoms with Gasteiger partial charge in [0.1, 0.15) is 0 Å². The van der Waals surface area contributed by atoms with Gasteiger partial charge in [0, 0.05) is 22.4 Å². The van der Waals surface area contributed by atoms with Gasteiger partial charge in [0.25, 0.3) is 0 Å². The van der Waals surface area contributed by atoms with E-state index < -0.39 is 16.1 Å². The number of hydrogen-bond donors (Lipinski definition) is 0. The second kappa shape index (κ2) is 9.79. The number of hydrogen-bond acceptors (Lipinski definition) is 0. The summed E-state index contributed by atoms with van der Waals surface area (Å²) in [5.74, 6) is 0. The summed E-state index contributed by atoms with van der Waals surface area (Å²) in [6, 6.07) is 22.9. The first-order valence-electron chi connectivity index (χ1n) is 13.7. The normalized spacial score (nSPS) is 21.4. The molecule has 187 valence electrons. The van der Waals surface area contributed by atoms with E-state index in [1.165, 1.54) is 30.1 Å². The summed E-state index contributed by atoms with van der Waals surface area (Å²) < 4.78 is 0. The molecule has 0 aromatic heterocycles. The molecule has 2 aromatic carbocycles. The second-order valence-electron chi connectivity index (χ2n) is 14.2. The van der Waals surface area contributed by atoms with Crippen molar-refractivity contribution in [3.63, 3.8) is 0 Å². The molecule has 0 aliphatic heterocycles. The summed E-state index contributed by atoms with van der Waals surface area (Å²) in [6.07, 6.45) is 6.67. The predicted octanol–water partition coefficient (Wildman–Crippen LogP) is 10.0. The maximum absolute atomic E-state index is 2.79. The Labute approximate surface area is 219 Å². The smallest absolute Gasteiger partial charge is 0.0753 e. The van der Waals surface area contributed by atoms with Gasteiger partial charge in [-0.25, -0.2) is 0 Å². The number of fused-ring (bicyclic) bond motifs is 2. The summed E-state index contributed by atoms with van der Waals surface area (Å²) in [4.78, 5) is 0. The van der Waals surface area contributed by atoms with Crippen molar-refractivity contribution >= 4 is 36.6 Å². The summed E-state index contributed by atoms with van der Waals surface area (Å²) in [7, 11) is -3.35. The summed E-state index contributed by atoms with van der Waals surface area (Å²) in [5.41, 5.74) is 11.3. The Morgan fingerprint density at radius 3 is 2.11 bits per heavy atom. The molecular weight excluding hydrogens is 469 g/mol. The first kappa shape index (κ1) is 26.6. The van der Waals surface area contributed by atoms with E-state index in [4.69, 9.17) is 0 Å². The van der Waals surface area contributed by atoms with Crippen molar-refractivity contribution < 1.29 is 0 Å². The Kier molecular flexibility index (Phi) is 7.45. The SMILES string of the molecule is C[Si](C)CCC1=Cc2ccccc2C1[Si](C)(CC(C)(C)C)C1C=C(C[Si](C)(C)C)c2ccccc21. The van der Waals surface area contributed by atoms with Crippen LogP contribution in [0.3, 0.4) is 0 Å². The highest BCUT2D eigenvalue weighted by Crippen LogP contribution is 2.56. The molecular formula is C32H47Si3. The van der Waals surface area contributed by atoms with Gasteiger partial charge in [0.15, 0.2) is 0 Å². The molecule has 3 unspecified atom stereocenters. The van der Waals surface area contributed by atoms with E-state index in [1.807, 2.05) is 0 Å². The van der Waals surface area contributed by atoms with Gasteiger partial charge >= 0.3 is 0 Å². The maximum atomic E-state index is 2.79. The van der Waals surface area contributed by atoms with Crippen LogP contribution < -0.4 is 0 Å². The topological polar surface area (TPSA) is 0 Å². The summed E-state index contributed by atoms with van der Waals surface area (Å²) >= 11 is 0.